The maximum atomic E-state index is 13.7. The maximum Gasteiger partial charge on any atom is 0.244 e. The lowest BCUT2D eigenvalue weighted by Crippen LogP contribution is -2.52. The van der Waals surface area contributed by atoms with E-state index < -0.39 is 28.5 Å². The number of rotatable bonds is 11. The second kappa shape index (κ2) is 12.6. The number of nitrogens with one attached hydrogen (secondary N) is 1. The molecule has 35 heavy (non-hydrogen) atoms. The van der Waals surface area contributed by atoms with E-state index in [2.05, 4.69) is 5.32 Å². The van der Waals surface area contributed by atoms with Crippen LogP contribution in [-0.2, 0) is 26.2 Å². The van der Waals surface area contributed by atoms with Crippen LogP contribution >= 0.6 is 23.2 Å². The SMILES string of the molecule is CC[C@@H](C(=O)NCC(C)C)N(Cc1c(Cl)cccc1Cl)C(=O)CN(c1ccc(C)cc1)S(C)(=O)=O. The molecular formula is C25H33Cl2N3O4S. The lowest BCUT2D eigenvalue weighted by Gasteiger charge is -2.33. The minimum atomic E-state index is -3.79. The van der Waals surface area contributed by atoms with Crippen molar-refractivity contribution in [3.63, 3.8) is 0 Å². The first-order valence-corrected chi connectivity index (χ1v) is 14.0. The number of anilines is 1. The molecular weight excluding hydrogens is 509 g/mol. The summed E-state index contributed by atoms with van der Waals surface area (Å²) in [4.78, 5) is 28.1. The Bertz CT molecular complexity index is 1120. The van der Waals surface area contributed by atoms with Crippen molar-refractivity contribution in [3.8, 4) is 0 Å². The molecule has 0 unspecified atom stereocenters. The van der Waals surface area contributed by atoms with Crippen molar-refractivity contribution in [2.45, 2.75) is 46.7 Å². The van der Waals surface area contributed by atoms with Crippen molar-refractivity contribution in [1.29, 1.82) is 0 Å². The van der Waals surface area contributed by atoms with Crippen LogP contribution in [0.4, 0.5) is 5.69 Å². The fourth-order valence-electron chi connectivity index (χ4n) is 3.52. The molecule has 0 saturated carbocycles. The van der Waals surface area contributed by atoms with Gasteiger partial charge in [0.1, 0.15) is 12.6 Å². The molecule has 0 aliphatic rings. The molecule has 0 radical (unpaired) electrons. The first-order valence-electron chi connectivity index (χ1n) is 11.4. The number of hydrogen-bond acceptors (Lipinski definition) is 4. The summed E-state index contributed by atoms with van der Waals surface area (Å²) in [5.41, 5.74) is 1.80. The zero-order valence-corrected chi connectivity index (χ0v) is 23.0. The van der Waals surface area contributed by atoms with E-state index in [4.69, 9.17) is 23.2 Å². The molecule has 2 rings (SSSR count). The van der Waals surface area contributed by atoms with Crippen molar-refractivity contribution < 1.29 is 18.0 Å². The van der Waals surface area contributed by atoms with Gasteiger partial charge in [-0.3, -0.25) is 13.9 Å². The van der Waals surface area contributed by atoms with Gasteiger partial charge < -0.3 is 10.2 Å². The zero-order chi connectivity index (χ0) is 26.3. The van der Waals surface area contributed by atoms with E-state index in [1.54, 1.807) is 49.4 Å². The third-order valence-corrected chi connectivity index (χ3v) is 7.31. The normalized spacial score (nSPS) is 12.3. The Morgan fingerprint density at radius 2 is 1.60 bits per heavy atom. The molecule has 0 bridgehead atoms. The van der Waals surface area contributed by atoms with E-state index in [9.17, 15) is 18.0 Å². The maximum absolute atomic E-state index is 13.7. The molecule has 0 saturated heterocycles. The van der Waals surface area contributed by atoms with E-state index in [-0.39, 0.29) is 18.4 Å². The third-order valence-electron chi connectivity index (χ3n) is 5.46. The highest BCUT2D eigenvalue weighted by Crippen LogP contribution is 2.27. The second-order valence-corrected chi connectivity index (χ2v) is 11.6. The molecule has 0 heterocycles. The van der Waals surface area contributed by atoms with Crippen molar-refractivity contribution >= 4 is 50.7 Å². The summed E-state index contributed by atoms with van der Waals surface area (Å²) in [5.74, 6) is -0.640. The van der Waals surface area contributed by atoms with E-state index in [1.807, 2.05) is 20.8 Å². The van der Waals surface area contributed by atoms with Crippen molar-refractivity contribution in [2.75, 3.05) is 23.7 Å². The third kappa shape index (κ3) is 8.12. The fourth-order valence-corrected chi connectivity index (χ4v) is 4.89. The molecule has 2 amide bonds. The molecule has 2 aromatic carbocycles. The van der Waals surface area contributed by atoms with Crippen LogP contribution in [0.1, 0.15) is 38.3 Å². The molecule has 0 aliphatic carbocycles. The number of benzene rings is 2. The summed E-state index contributed by atoms with van der Waals surface area (Å²) < 4.78 is 26.3. The van der Waals surface area contributed by atoms with Crippen LogP contribution in [0.2, 0.25) is 10.0 Å². The zero-order valence-electron chi connectivity index (χ0n) is 20.7. The molecule has 7 nitrogen and oxygen atoms in total. The van der Waals surface area contributed by atoms with Gasteiger partial charge >= 0.3 is 0 Å². The van der Waals surface area contributed by atoms with E-state index in [0.29, 0.717) is 34.3 Å². The largest absolute Gasteiger partial charge is 0.354 e. The number of halogens is 2. The van der Waals surface area contributed by atoms with Gasteiger partial charge in [0.15, 0.2) is 0 Å². The van der Waals surface area contributed by atoms with Crippen molar-refractivity contribution in [2.24, 2.45) is 5.92 Å². The summed E-state index contributed by atoms with van der Waals surface area (Å²) in [6, 6.07) is 11.0. The minimum absolute atomic E-state index is 0.0452. The summed E-state index contributed by atoms with van der Waals surface area (Å²) in [6.07, 6.45) is 1.36. The van der Waals surface area contributed by atoms with Crippen LogP contribution in [0.25, 0.3) is 0 Å². The number of carbonyl (C=O) groups excluding carboxylic acids is 2. The molecule has 0 aliphatic heterocycles. The summed E-state index contributed by atoms with van der Waals surface area (Å²) in [7, 11) is -3.79. The van der Waals surface area contributed by atoms with Crippen LogP contribution in [0.15, 0.2) is 42.5 Å². The molecule has 0 aromatic heterocycles. The lowest BCUT2D eigenvalue weighted by atomic mass is 10.1. The molecule has 10 heteroatoms. The first kappa shape index (κ1) is 28.9. The van der Waals surface area contributed by atoms with Gasteiger partial charge in [-0.1, -0.05) is 67.7 Å². The van der Waals surface area contributed by atoms with Crippen LogP contribution in [-0.4, -0.2) is 50.5 Å². The average molecular weight is 543 g/mol. The van der Waals surface area contributed by atoms with Gasteiger partial charge in [-0.2, -0.15) is 0 Å². The molecule has 1 atom stereocenters. The number of sulfonamides is 1. The summed E-state index contributed by atoms with van der Waals surface area (Å²) >= 11 is 12.7. The highest BCUT2D eigenvalue weighted by molar-refractivity contribution is 7.92. The lowest BCUT2D eigenvalue weighted by molar-refractivity contribution is -0.140. The van der Waals surface area contributed by atoms with E-state index in [0.717, 1.165) is 16.1 Å². The fraction of sp³-hybridized carbons (Fsp3) is 0.440. The van der Waals surface area contributed by atoms with Gasteiger partial charge in [0, 0.05) is 28.7 Å². The quantitative estimate of drug-likeness (QED) is 0.448. The molecule has 0 spiro atoms. The van der Waals surface area contributed by atoms with Crippen molar-refractivity contribution in [1.82, 2.24) is 10.2 Å². The van der Waals surface area contributed by atoms with Crippen molar-refractivity contribution in [3.05, 3.63) is 63.6 Å². The van der Waals surface area contributed by atoms with Gasteiger partial charge in [-0.15, -0.1) is 0 Å². The predicted molar refractivity (Wildman–Crippen MR) is 142 cm³/mol. The Morgan fingerprint density at radius 3 is 2.09 bits per heavy atom. The molecule has 2 aromatic rings. The van der Waals surface area contributed by atoms with Gasteiger partial charge in [0.05, 0.1) is 11.9 Å². The van der Waals surface area contributed by atoms with Crippen LogP contribution < -0.4 is 9.62 Å². The minimum Gasteiger partial charge on any atom is -0.354 e. The van der Waals surface area contributed by atoms with Crippen LogP contribution in [0.5, 0.6) is 0 Å². The van der Waals surface area contributed by atoms with Gasteiger partial charge in [0.25, 0.3) is 0 Å². The standard InChI is InChI=1S/C25H33Cl2N3O4S/c1-6-23(25(32)28-14-17(2)3)29(15-20-21(26)8-7-9-22(20)27)24(31)16-30(35(5,33)34)19-12-10-18(4)11-13-19/h7-13,17,23H,6,14-16H2,1-5H3,(H,28,32)/t23-/m0/s1. The number of nitrogens with zero attached hydrogens (tertiary/aromatic N) is 2. The van der Waals surface area contributed by atoms with Gasteiger partial charge in [-0.05, 0) is 43.5 Å². The van der Waals surface area contributed by atoms with Crippen LogP contribution in [0, 0.1) is 12.8 Å². The molecule has 1 N–H and O–H groups in total. The Balaban J connectivity index is 2.47. The topological polar surface area (TPSA) is 86.8 Å². The number of aryl methyl sites for hydroxylation is 1. The number of hydrogen-bond donors (Lipinski definition) is 1. The summed E-state index contributed by atoms with van der Waals surface area (Å²) in [5, 5.41) is 3.58. The Kier molecular flexibility index (Phi) is 10.4. The molecule has 192 valence electrons. The van der Waals surface area contributed by atoms with E-state index in [1.165, 1.54) is 4.90 Å². The predicted octanol–water partition coefficient (Wildman–Crippen LogP) is 4.65. The number of carbonyl (C=O) groups is 2. The monoisotopic (exact) mass is 541 g/mol. The Morgan fingerprint density at radius 1 is 1.03 bits per heavy atom. The van der Waals surface area contributed by atoms with Crippen LogP contribution in [0.3, 0.4) is 0 Å². The van der Waals surface area contributed by atoms with Gasteiger partial charge in [-0.25, -0.2) is 8.42 Å². The highest BCUT2D eigenvalue weighted by atomic mass is 35.5. The molecule has 0 fully saturated rings. The average Bonchev–Trinajstić information content (AvgIpc) is 2.77. The Labute approximate surface area is 218 Å². The van der Waals surface area contributed by atoms with E-state index >= 15 is 0 Å². The number of amides is 2. The first-order chi connectivity index (χ1) is 16.3. The highest BCUT2D eigenvalue weighted by Gasteiger charge is 2.32. The Hall–Kier alpha value is -2.29. The smallest absolute Gasteiger partial charge is 0.244 e. The summed E-state index contributed by atoms with van der Waals surface area (Å²) in [6.45, 7) is 7.55. The van der Waals surface area contributed by atoms with Gasteiger partial charge in [0.2, 0.25) is 21.8 Å². The second-order valence-electron chi connectivity index (χ2n) is 8.89.